The van der Waals surface area contributed by atoms with Crippen molar-refractivity contribution in [2.24, 2.45) is 0 Å². The number of aromatic nitrogens is 2. The number of hydrogen-bond donors (Lipinski definition) is 2. The lowest BCUT2D eigenvalue weighted by molar-refractivity contribution is 0.0951. The molecule has 5 nitrogen and oxygen atoms in total. The summed E-state index contributed by atoms with van der Waals surface area (Å²) in [5.74, 6) is -0.0341. The number of nitrogens with zero attached hydrogens (tertiary/aromatic N) is 2. The van der Waals surface area contributed by atoms with E-state index in [4.69, 9.17) is 0 Å². The highest BCUT2D eigenvalue weighted by Crippen LogP contribution is 2.33. The molecule has 0 fully saturated rings. The minimum atomic E-state index is -0.0341. The van der Waals surface area contributed by atoms with E-state index in [1.54, 1.807) is 12.4 Å². The Morgan fingerprint density at radius 1 is 0.941 bits per heavy atom. The lowest BCUT2D eigenvalue weighted by Gasteiger charge is -2.16. The number of carbonyl (C=O) groups is 1. The minimum absolute atomic E-state index is 0.0341. The van der Waals surface area contributed by atoms with Crippen molar-refractivity contribution < 1.29 is 4.79 Å². The van der Waals surface area contributed by atoms with Gasteiger partial charge in [-0.2, -0.15) is 0 Å². The fraction of sp³-hybridized carbons (Fsp3) is 0.310. The maximum absolute atomic E-state index is 12.9. The molecule has 5 rings (SSSR count). The first-order chi connectivity index (χ1) is 16.8. The average Bonchev–Trinajstić information content (AvgIpc) is 3.21. The topological polar surface area (TPSA) is 59.0 Å². The maximum atomic E-state index is 12.9. The van der Waals surface area contributed by atoms with Crippen molar-refractivity contribution in [2.45, 2.75) is 51.7 Å². The van der Waals surface area contributed by atoms with Crippen molar-refractivity contribution in [3.63, 3.8) is 0 Å². The maximum Gasteiger partial charge on any atom is 0.251 e. The number of benzene rings is 2. The van der Waals surface area contributed by atoms with E-state index >= 15 is 0 Å². The second kappa shape index (κ2) is 10.7. The molecule has 4 aromatic rings. The zero-order chi connectivity index (χ0) is 23.2. The summed E-state index contributed by atoms with van der Waals surface area (Å²) in [4.78, 5) is 17.0. The molecule has 174 valence electrons. The highest BCUT2D eigenvalue weighted by atomic mass is 16.1. The van der Waals surface area contributed by atoms with Crippen LogP contribution < -0.4 is 10.6 Å². The second-order valence-corrected chi connectivity index (χ2v) is 9.08. The third-order valence-corrected chi connectivity index (χ3v) is 6.72. The third-order valence-electron chi connectivity index (χ3n) is 6.72. The Kier molecular flexibility index (Phi) is 7.01. The molecule has 5 heteroatoms. The fourth-order valence-electron chi connectivity index (χ4n) is 5.01. The first-order valence-electron chi connectivity index (χ1n) is 12.4. The number of amides is 1. The Morgan fingerprint density at radius 2 is 1.79 bits per heavy atom. The Bertz CT molecular complexity index is 1250. The summed E-state index contributed by atoms with van der Waals surface area (Å²) < 4.78 is 2.51. The normalized spacial score (nSPS) is 13.1. The van der Waals surface area contributed by atoms with Gasteiger partial charge in [0.2, 0.25) is 0 Å². The van der Waals surface area contributed by atoms with E-state index in [-0.39, 0.29) is 5.91 Å². The molecule has 34 heavy (non-hydrogen) atoms. The van der Waals surface area contributed by atoms with Gasteiger partial charge in [-0.15, -0.1) is 0 Å². The highest BCUT2D eigenvalue weighted by Gasteiger charge is 2.21. The quantitative estimate of drug-likeness (QED) is 0.350. The fourth-order valence-corrected chi connectivity index (χ4v) is 5.01. The Hall–Kier alpha value is -3.44. The summed E-state index contributed by atoms with van der Waals surface area (Å²) in [6.07, 6.45) is 9.31. The molecule has 0 saturated carbocycles. The van der Waals surface area contributed by atoms with Gasteiger partial charge in [0.1, 0.15) is 0 Å². The van der Waals surface area contributed by atoms with Crippen LogP contribution in [0.1, 0.15) is 52.0 Å². The van der Waals surface area contributed by atoms with Gasteiger partial charge in [0, 0.05) is 54.2 Å². The summed E-state index contributed by atoms with van der Waals surface area (Å²) in [6, 6.07) is 20.6. The van der Waals surface area contributed by atoms with Crippen LogP contribution in [0.25, 0.3) is 10.9 Å². The number of carbonyl (C=O) groups excluding carboxylic acids is 1. The molecule has 0 radical (unpaired) electrons. The Balaban J connectivity index is 1.28. The van der Waals surface area contributed by atoms with Gasteiger partial charge in [-0.3, -0.25) is 9.78 Å². The Labute approximate surface area is 201 Å². The minimum Gasteiger partial charge on any atom is -0.348 e. The van der Waals surface area contributed by atoms with E-state index in [1.807, 2.05) is 18.2 Å². The van der Waals surface area contributed by atoms with E-state index in [0.717, 1.165) is 50.0 Å². The molecule has 0 saturated heterocycles. The monoisotopic (exact) mass is 452 g/mol. The predicted molar refractivity (Wildman–Crippen MR) is 137 cm³/mol. The third kappa shape index (κ3) is 5.05. The van der Waals surface area contributed by atoms with Gasteiger partial charge in [-0.25, -0.2) is 0 Å². The van der Waals surface area contributed by atoms with Crippen LogP contribution in [0, 0.1) is 0 Å². The zero-order valence-corrected chi connectivity index (χ0v) is 19.6. The number of fused-ring (bicyclic) bond motifs is 3. The summed E-state index contributed by atoms with van der Waals surface area (Å²) >= 11 is 0. The molecule has 1 aliphatic rings. The predicted octanol–water partition coefficient (Wildman–Crippen LogP) is 5.03. The van der Waals surface area contributed by atoms with Gasteiger partial charge in [0.05, 0.1) is 0 Å². The van der Waals surface area contributed by atoms with Crippen molar-refractivity contribution in [2.75, 3.05) is 6.54 Å². The smallest absolute Gasteiger partial charge is 0.251 e. The molecule has 0 atom stereocenters. The number of hydrogen-bond acceptors (Lipinski definition) is 3. The SMILES string of the molecule is O=C(NCc1cccnc1)c1ccc2c(c1)c1c(n2CCCNCc2ccccc2)CCCC1. The van der Waals surface area contributed by atoms with Crippen LogP contribution in [0.15, 0.2) is 73.1 Å². The van der Waals surface area contributed by atoms with Gasteiger partial charge in [-0.1, -0.05) is 36.4 Å². The van der Waals surface area contributed by atoms with Crippen molar-refractivity contribution >= 4 is 16.8 Å². The van der Waals surface area contributed by atoms with Crippen molar-refractivity contribution in [1.82, 2.24) is 20.2 Å². The van der Waals surface area contributed by atoms with Gasteiger partial charge >= 0.3 is 0 Å². The first-order valence-corrected chi connectivity index (χ1v) is 12.4. The van der Waals surface area contributed by atoms with Crippen molar-refractivity contribution in [3.05, 3.63) is 101 Å². The van der Waals surface area contributed by atoms with E-state index < -0.39 is 0 Å². The van der Waals surface area contributed by atoms with E-state index in [0.29, 0.717) is 6.54 Å². The van der Waals surface area contributed by atoms with Gasteiger partial charge < -0.3 is 15.2 Å². The van der Waals surface area contributed by atoms with Crippen LogP contribution in [0.5, 0.6) is 0 Å². The van der Waals surface area contributed by atoms with Gasteiger partial charge in [-0.05, 0) is 79.6 Å². The number of pyridine rings is 1. The average molecular weight is 453 g/mol. The molecule has 2 heterocycles. The van der Waals surface area contributed by atoms with Crippen LogP contribution in [0.4, 0.5) is 0 Å². The molecule has 0 spiro atoms. The molecule has 0 aliphatic heterocycles. The van der Waals surface area contributed by atoms with E-state index in [2.05, 4.69) is 62.6 Å². The largest absolute Gasteiger partial charge is 0.348 e. The number of nitrogens with one attached hydrogen (secondary N) is 2. The van der Waals surface area contributed by atoms with Gasteiger partial charge in [0.25, 0.3) is 5.91 Å². The summed E-state index contributed by atoms with van der Waals surface area (Å²) in [5.41, 5.74) is 7.23. The molecule has 2 N–H and O–H groups in total. The molecular weight excluding hydrogens is 420 g/mol. The van der Waals surface area contributed by atoms with Crippen molar-refractivity contribution in [3.8, 4) is 0 Å². The molecular formula is C29H32N4O. The highest BCUT2D eigenvalue weighted by molar-refractivity contribution is 5.99. The second-order valence-electron chi connectivity index (χ2n) is 9.08. The number of aryl methyl sites for hydroxylation is 2. The van der Waals surface area contributed by atoms with Crippen LogP contribution in [-0.4, -0.2) is 22.0 Å². The van der Waals surface area contributed by atoms with Crippen LogP contribution >= 0.6 is 0 Å². The van der Waals surface area contributed by atoms with E-state index in [1.165, 1.54) is 40.6 Å². The molecule has 2 aromatic carbocycles. The lowest BCUT2D eigenvalue weighted by atomic mass is 9.95. The first kappa shape index (κ1) is 22.4. The zero-order valence-electron chi connectivity index (χ0n) is 19.6. The molecule has 0 unspecified atom stereocenters. The molecule has 1 amide bonds. The lowest BCUT2D eigenvalue weighted by Crippen LogP contribution is -2.22. The molecule has 1 aliphatic carbocycles. The summed E-state index contributed by atoms with van der Waals surface area (Å²) in [7, 11) is 0. The van der Waals surface area contributed by atoms with Crippen LogP contribution in [0.3, 0.4) is 0 Å². The summed E-state index contributed by atoms with van der Waals surface area (Å²) in [6.45, 7) is 3.38. The Morgan fingerprint density at radius 3 is 2.65 bits per heavy atom. The number of rotatable bonds is 9. The van der Waals surface area contributed by atoms with Crippen LogP contribution in [-0.2, 0) is 32.5 Å². The van der Waals surface area contributed by atoms with Gasteiger partial charge in [0.15, 0.2) is 0 Å². The standard InChI is InChI=1S/C29H32N4O/c34-29(32-21-23-10-6-15-30-20-23)24-13-14-28-26(18-24)25-11-4-5-12-27(25)33(28)17-7-16-31-19-22-8-2-1-3-9-22/h1-3,6,8-10,13-15,18,20,31H,4-5,7,11-12,16-17,19,21H2,(H,32,34). The molecule has 0 bridgehead atoms. The van der Waals surface area contributed by atoms with E-state index in [9.17, 15) is 4.79 Å². The van der Waals surface area contributed by atoms with Crippen molar-refractivity contribution in [1.29, 1.82) is 0 Å². The molecule has 2 aromatic heterocycles. The van der Waals surface area contributed by atoms with Crippen LogP contribution in [0.2, 0.25) is 0 Å². The summed E-state index contributed by atoms with van der Waals surface area (Å²) in [5, 5.41) is 7.86.